The topological polar surface area (TPSA) is 84.7 Å². The molecule has 1 heterocycles. The predicted octanol–water partition coefficient (Wildman–Crippen LogP) is 4.28. The van der Waals surface area contributed by atoms with Crippen molar-refractivity contribution in [2.75, 3.05) is 33.0 Å². The first-order chi connectivity index (χ1) is 14.5. The molecule has 0 aliphatic carbocycles. The average molecular weight is 430 g/mol. The molecule has 0 radical (unpaired) electrons. The average Bonchev–Trinajstić information content (AvgIpc) is 2.79. The normalized spacial score (nSPS) is 15.4. The van der Waals surface area contributed by atoms with Crippen LogP contribution in [0.25, 0.3) is 0 Å². The highest BCUT2D eigenvalue weighted by Gasteiger charge is 2.27. The van der Waals surface area contributed by atoms with Gasteiger partial charge in [0.05, 0.1) is 18.1 Å². The fourth-order valence-corrected chi connectivity index (χ4v) is 4.32. The number of nitrogens with zero attached hydrogens (tertiary/aromatic N) is 2. The largest absolute Gasteiger partial charge is 0.496 e. The number of hydrogen-bond acceptors (Lipinski definition) is 6. The Morgan fingerprint density at radius 3 is 2.63 bits per heavy atom. The summed E-state index contributed by atoms with van der Waals surface area (Å²) in [5.41, 5.74) is 0.913. The molecular formula is C22H27N3O4S. The Hall–Kier alpha value is -2.58. The van der Waals surface area contributed by atoms with Crippen molar-refractivity contribution in [2.45, 2.75) is 30.2 Å². The summed E-state index contributed by atoms with van der Waals surface area (Å²) in [5.74, 6) is 0.340. The van der Waals surface area contributed by atoms with Crippen LogP contribution in [0.4, 0.5) is 5.69 Å². The third-order valence-electron chi connectivity index (χ3n) is 5.43. The van der Waals surface area contributed by atoms with Gasteiger partial charge in [0.1, 0.15) is 11.3 Å². The van der Waals surface area contributed by atoms with Crippen molar-refractivity contribution in [3.05, 3.63) is 63.7 Å². The number of carbonyl (C=O) groups excluding carboxylic acids is 1. The molecule has 2 aromatic rings. The quantitative estimate of drug-likeness (QED) is 0.383. The monoisotopic (exact) mass is 429 g/mol. The van der Waals surface area contributed by atoms with Crippen LogP contribution in [0.2, 0.25) is 0 Å². The van der Waals surface area contributed by atoms with Crippen molar-refractivity contribution in [3.63, 3.8) is 0 Å². The molecule has 0 spiro atoms. The number of nitro benzene ring substituents is 1. The third-order valence-corrected chi connectivity index (χ3v) is 6.16. The molecule has 0 aromatic heterocycles. The maximum Gasteiger partial charge on any atom is 0.282 e. The molecule has 1 saturated heterocycles. The Kier molecular flexibility index (Phi) is 7.70. The summed E-state index contributed by atoms with van der Waals surface area (Å²) in [4.78, 5) is 27.0. The number of carbonyl (C=O) groups is 1. The van der Waals surface area contributed by atoms with E-state index in [1.54, 1.807) is 19.2 Å². The van der Waals surface area contributed by atoms with Gasteiger partial charge in [-0.2, -0.15) is 0 Å². The summed E-state index contributed by atoms with van der Waals surface area (Å²) >= 11 is 1.44. The van der Waals surface area contributed by atoms with Gasteiger partial charge in [0.2, 0.25) is 0 Å². The minimum Gasteiger partial charge on any atom is -0.496 e. The number of amides is 1. The van der Waals surface area contributed by atoms with Gasteiger partial charge in [0.15, 0.2) is 0 Å². The summed E-state index contributed by atoms with van der Waals surface area (Å²) < 4.78 is 5.56. The zero-order chi connectivity index (χ0) is 21.5. The molecule has 1 unspecified atom stereocenters. The van der Waals surface area contributed by atoms with Crippen molar-refractivity contribution in [3.8, 4) is 5.75 Å². The first-order valence-corrected chi connectivity index (χ1v) is 11.2. The van der Waals surface area contributed by atoms with E-state index in [1.165, 1.54) is 24.2 Å². The van der Waals surface area contributed by atoms with Crippen LogP contribution in [0.3, 0.4) is 0 Å². The van der Waals surface area contributed by atoms with Crippen molar-refractivity contribution >= 4 is 23.4 Å². The number of likely N-dealkylation sites (tertiary alicyclic amines) is 1. The molecule has 1 aliphatic heterocycles. The van der Waals surface area contributed by atoms with E-state index in [0.29, 0.717) is 6.54 Å². The van der Waals surface area contributed by atoms with E-state index in [2.05, 4.69) is 10.2 Å². The number of hydrogen-bond donors (Lipinski definition) is 1. The van der Waals surface area contributed by atoms with Crippen LogP contribution in [-0.2, 0) is 0 Å². The zero-order valence-electron chi connectivity index (χ0n) is 17.3. The summed E-state index contributed by atoms with van der Waals surface area (Å²) in [7, 11) is 1.64. The Balaban J connectivity index is 1.85. The van der Waals surface area contributed by atoms with Crippen LogP contribution in [0.5, 0.6) is 5.75 Å². The van der Waals surface area contributed by atoms with Gasteiger partial charge in [0.25, 0.3) is 11.6 Å². The second-order valence-electron chi connectivity index (χ2n) is 7.20. The summed E-state index contributed by atoms with van der Waals surface area (Å²) in [6, 6.07) is 12.4. The molecule has 2 aromatic carbocycles. The molecule has 160 valence electrons. The van der Waals surface area contributed by atoms with Gasteiger partial charge in [-0.1, -0.05) is 24.6 Å². The molecule has 1 atom stereocenters. The van der Waals surface area contributed by atoms with Gasteiger partial charge in [-0.05, 0) is 50.4 Å². The molecule has 7 nitrogen and oxygen atoms in total. The molecule has 0 saturated carbocycles. The smallest absolute Gasteiger partial charge is 0.282 e. The van der Waals surface area contributed by atoms with E-state index in [4.69, 9.17) is 4.74 Å². The van der Waals surface area contributed by atoms with Gasteiger partial charge in [-0.25, -0.2) is 0 Å². The lowest BCUT2D eigenvalue weighted by molar-refractivity contribution is -0.385. The third kappa shape index (κ3) is 5.12. The van der Waals surface area contributed by atoms with E-state index in [-0.39, 0.29) is 17.3 Å². The van der Waals surface area contributed by atoms with Gasteiger partial charge in [-0.15, -0.1) is 11.8 Å². The maximum absolute atomic E-state index is 12.9. The highest BCUT2D eigenvalue weighted by Crippen LogP contribution is 2.31. The number of para-hydroxylation sites is 1. The van der Waals surface area contributed by atoms with E-state index in [1.807, 2.05) is 30.5 Å². The van der Waals surface area contributed by atoms with Gasteiger partial charge in [0, 0.05) is 23.1 Å². The van der Waals surface area contributed by atoms with Crippen LogP contribution >= 0.6 is 11.8 Å². The molecular weight excluding hydrogens is 402 g/mol. The fraction of sp³-hybridized carbons (Fsp3) is 0.409. The fourth-order valence-electron chi connectivity index (χ4n) is 3.88. The highest BCUT2D eigenvalue weighted by molar-refractivity contribution is 7.98. The Morgan fingerprint density at radius 1 is 1.23 bits per heavy atom. The molecule has 3 rings (SSSR count). The summed E-state index contributed by atoms with van der Waals surface area (Å²) in [6.07, 6.45) is 5.30. The van der Waals surface area contributed by atoms with E-state index >= 15 is 0 Å². The van der Waals surface area contributed by atoms with Gasteiger partial charge in [-0.3, -0.25) is 19.8 Å². The van der Waals surface area contributed by atoms with Crippen molar-refractivity contribution in [2.24, 2.45) is 0 Å². The molecule has 1 amide bonds. The van der Waals surface area contributed by atoms with Crippen molar-refractivity contribution in [1.29, 1.82) is 0 Å². The first-order valence-electron chi connectivity index (χ1n) is 10.0. The van der Waals surface area contributed by atoms with E-state index in [0.717, 1.165) is 42.1 Å². The van der Waals surface area contributed by atoms with E-state index in [9.17, 15) is 14.9 Å². The van der Waals surface area contributed by atoms with Crippen molar-refractivity contribution in [1.82, 2.24) is 10.2 Å². The number of nitrogens with one attached hydrogen (secondary N) is 1. The Bertz CT molecular complexity index is 900. The number of rotatable bonds is 8. The molecule has 30 heavy (non-hydrogen) atoms. The standard InChI is InChI=1S/C22H27N3O4S/c1-29-21-9-5-4-8-17(21)20(24-12-6-3-7-13-24)15-23-22(26)18-14-16(30-2)10-11-19(18)25(27)28/h4-5,8-11,14,20H,3,6-7,12-13,15H2,1-2H3,(H,23,26). The van der Waals surface area contributed by atoms with Gasteiger partial charge >= 0.3 is 0 Å². The second kappa shape index (κ2) is 10.4. The lowest BCUT2D eigenvalue weighted by atomic mass is 10.0. The highest BCUT2D eigenvalue weighted by atomic mass is 32.2. The first kappa shape index (κ1) is 22.1. The summed E-state index contributed by atoms with van der Waals surface area (Å²) in [6.45, 7) is 2.24. The van der Waals surface area contributed by atoms with E-state index < -0.39 is 10.8 Å². The van der Waals surface area contributed by atoms with Crippen LogP contribution in [0.1, 0.15) is 41.2 Å². The SMILES string of the molecule is COc1ccccc1C(CNC(=O)c1cc(SC)ccc1[N+](=O)[O-])N1CCCCC1. The van der Waals surface area contributed by atoms with Crippen LogP contribution in [0.15, 0.2) is 47.4 Å². The Morgan fingerprint density at radius 2 is 1.97 bits per heavy atom. The number of thioether (sulfide) groups is 1. The number of nitro groups is 1. The minimum absolute atomic E-state index is 0.0619. The number of ether oxygens (including phenoxy) is 1. The molecule has 8 heteroatoms. The van der Waals surface area contributed by atoms with Crippen molar-refractivity contribution < 1.29 is 14.5 Å². The number of methoxy groups -OCH3 is 1. The lowest BCUT2D eigenvalue weighted by Crippen LogP contribution is -2.40. The lowest BCUT2D eigenvalue weighted by Gasteiger charge is -2.35. The molecule has 1 N–H and O–H groups in total. The van der Waals surface area contributed by atoms with Gasteiger partial charge < -0.3 is 10.1 Å². The maximum atomic E-state index is 12.9. The van der Waals surface area contributed by atoms with Crippen LogP contribution < -0.4 is 10.1 Å². The predicted molar refractivity (Wildman–Crippen MR) is 118 cm³/mol. The van der Waals surface area contributed by atoms with Crippen LogP contribution in [-0.4, -0.2) is 48.7 Å². The number of benzene rings is 2. The zero-order valence-corrected chi connectivity index (χ0v) is 18.1. The second-order valence-corrected chi connectivity index (χ2v) is 8.08. The molecule has 1 aliphatic rings. The van der Waals surface area contributed by atoms with Crippen LogP contribution in [0, 0.1) is 10.1 Å². The molecule has 0 bridgehead atoms. The minimum atomic E-state index is -0.513. The molecule has 1 fully saturated rings. The Labute approximate surface area is 180 Å². The summed E-state index contributed by atoms with van der Waals surface area (Å²) in [5, 5.41) is 14.4. The number of piperidine rings is 1.